The van der Waals surface area contributed by atoms with E-state index in [4.69, 9.17) is 10.5 Å². The van der Waals surface area contributed by atoms with Crippen LogP contribution in [0.3, 0.4) is 0 Å². The molecule has 0 radical (unpaired) electrons. The lowest BCUT2D eigenvalue weighted by molar-refractivity contribution is 0.417. The van der Waals surface area contributed by atoms with Crippen LogP contribution in [0.4, 0.5) is 5.69 Å². The lowest BCUT2D eigenvalue weighted by Crippen LogP contribution is -2.05. The van der Waals surface area contributed by atoms with Crippen LogP contribution in [0.2, 0.25) is 0 Å². The molecule has 0 unspecified atom stereocenters. The van der Waals surface area contributed by atoms with Gasteiger partial charge in [-0.25, -0.2) is 4.68 Å². The summed E-state index contributed by atoms with van der Waals surface area (Å²) in [4.78, 5) is 0. The zero-order valence-electron chi connectivity index (χ0n) is 11.5. The highest BCUT2D eigenvalue weighted by molar-refractivity contribution is 5.65. The van der Waals surface area contributed by atoms with Gasteiger partial charge in [0.1, 0.15) is 5.75 Å². The number of rotatable bonds is 5. The van der Waals surface area contributed by atoms with Gasteiger partial charge in [0.15, 0.2) is 5.82 Å². The molecule has 19 heavy (non-hydrogen) atoms. The minimum Gasteiger partial charge on any atom is -0.495 e. The number of anilines is 1. The summed E-state index contributed by atoms with van der Waals surface area (Å²) in [6, 6.07) is 5.55. The summed E-state index contributed by atoms with van der Waals surface area (Å²) in [6.45, 7) is 5.15. The van der Waals surface area contributed by atoms with E-state index in [-0.39, 0.29) is 0 Å². The largest absolute Gasteiger partial charge is 0.495 e. The van der Waals surface area contributed by atoms with E-state index >= 15 is 0 Å². The Balaban J connectivity index is 2.29. The summed E-state index contributed by atoms with van der Waals surface area (Å²) in [5, 5.41) is 11.8. The Morgan fingerprint density at radius 3 is 2.84 bits per heavy atom. The first-order valence-corrected chi connectivity index (χ1v) is 6.32. The Morgan fingerprint density at radius 2 is 2.16 bits per heavy atom. The molecule has 0 aliphatic heterocycles. The molecule has 1 aromatic carbocycles. The molecule has 0 amide bonds. The molecule has 0 atom stereocenters. The Hall–Kier alpha value is -2.11. The highest BCUT2D eigenvalue weighted by Crippen LogP contribution is 2.27. The second kappa shape index (κ2) is 5.69. The number of nitrogens with two attached hydrogens (primary N) is 1. The van der Waals surface area contributed by atoms with Crippen LogP contribution in [0, 0.1) is 5.92 Å². The number of methoxy groups -OCH3 is 1. The van der Waals surface area contributed by atoms with Crippen LogP contribution in [0.15, 0.2) is 18.2 Å². The highest BCUT2D eigenvalue weighted by atomic mass is 16.5. The number of ether oxygens (including phenoxy) is 1. The van der Waals surface area contributed by atoms with Crippen LogP contribution in [0.1, 0.15) is 20.3 Å². The molecule has 1 heterocycles. The van der Waals surface area contributed by atoms with Crippen LogP contribution >= 0.6 is 0 Å². The van der Waals surface area contributed by atoms with Crippen LogP contribution in [0.25, 0.3) is 11.4 Å². The molecule has 2 aromatic rings. The normalized spacial score (nSPS) is 10.9. The van der Waals surface area contributed by atoms with E-state index in [9.17, 15) is 0 Å². The molecule has 0 aliphatic carbocycles. The Kier molecular flexibility index (Phi) is 3.99. The Bertz CT molecular complexity index is 550. The molecule has 1 aromatic heterocycles. The standard InChI is InChI=1S/C13H19N5O/c1-9(2)6-7-18-13(15-16-17-18)10-4-5-11(14)12(8-10)19-3/h4-5,8-9H,6-7,14H2,1-3H3. The van der Waals surface area contributed by atoms with Crippen molar-refractivity contribution in [2.45, 2.75) is 26.8 Å². The Labute approximate surface area is 112 Å². The first-order chi connectivity index (χ1) is 9.11. The quantitative estimate of drug-likeness (QED) is 0.832. The molecule has 0 saturated carbocycles. The van der Waals surface area contributed by atoms with Crippen LogP contribution in [-0.4, -0.2) is 27.3 Å². The lowest BCUT2D eigenvalue weighted by Gasteiger charge is -2.09. The van der Waals surface area contributed by atoms with Crippen molar-refractivity contribution in [3.8, 4) is 17.1 Å². The minimum atomic E-state index is 0.604. The maximum atomic E-state index is 5.81. The van der Waals surface area contributed by atoms with Gasteiger partial charge in [0, 0.05) is 12.1 Å². The zero-order chi connectivity index (χ0) is 13.8. The van der Waals surface area contributed by atoms with Crippen molar-refractivity contribution >= 4 is 5.69 Å². The molecule has 2 N–H and O–H groups in total. The number of nitrogen functional groups attached to an aromatic ring is 1. The summed E-state index contributed by atoms with van der Waals surface area (Å²) < 4.78 is 7.03. The molecule has 0 bridgehead atoms. The molecule has 102 valence electrons. The molecule has 0 fully saturated rings. The van der Waals surface area contributed by atoms with Crippen molar-refractivity contribution < 1.29 is 4.74 Å². The highest BCUT2D eigenvalue weighted by Gasteiger charge is 2.11. The average molecular weight is 261 g/mol. The molecular weight excluding hydrogens is 242 g/mol. The Morgan fingerprint density at radius 1 is 1.37 bits per heavy atom. The first-order valence-electron chi connectivity index (χ1n) is 6.32. The number of hydrogen-bond donors (Lipinski definition) is 1. The molecule has 0 spiro atoms. The van der Waals surface area contributed by atoms with Gasteiger partial charge < -0.3 is 10.5 Å². The second-order valence-corrected chi connectivity index (χ2v) is 4.86. The third-order valence-electron chi connectivity index (χ3n) is 2.94. The number of nitrogens with zero attached hydrogens (tertiary/aromatic N) is 4. The zero-order valence-corrected chi connectivity index (χ0v) is 11.5. The fourth-order valence-electron chi connectivity index (χ4n) is 1.79. The predicted molar refractivity (Wildman–Crippen MR) is 73.7 cm³/mol. The number of tetrazole rings is 1. The molecule has 0 saturated heterocycles. The van der Waals surface area contributed by atoms with Crippen molar-refractivity contribution in [3.05, 3.63) is 18.2 Å². The fraction of sp³-hybridized carbons (Fsp3) is 0.462. The second-order valence-electron chi connectivity index (χ2n) is 4.86. The van der Waals surface area contributed by atoms with Crippen molar-refractivity contribution in [2.24, 2.45) is 5.92 Å². The number of benzene rings is 1. The molecular formula is C13H19N5O. The summed E-state index contributed by atoms with van der Waals surface area (Å²) in [7, 11) is 1.59. The van der Waals surface area contributed by atoms with Gasteiger partial charge in [-0.05, 0) is 41.0 Å². The third kappa shape index (κ3) is 3.01. The van der Waals surface area contributed by atoms with Gasteiger partial charge in [0.05, 0.1) is 12.8 Å². The predicted octanol–water partition coefficient (Wildman–Crippen LogP) is 1.98. The van der Waals surface area contributed by atoms with E-state index in [0.717, 1.165) is 24.4 Å². The fourth-order valence-corrected chi connectivity index (χ4v) is 1.79. The van der Waals surface area contributed by atoms with Crippen molar-refractivity contribution in [1.29, 1.82) is 0 Å². The van der Waals surface area contributed by atoms with E-state index in [0.29, 0.717) is 17.4 Å². The summed E-state index contributed by atoms with van der Waals surface area (Å²) in [5.41, 5.74) is 7.31. The van der Waals surface area contributed by atoms with E-state index in [1.165, 1.54) is 0 Å². The van der Waals surface area contributed by atoms with Gasteiger partial charge in [0.25, 0.3) is 0 Å². The maximum Gasteiger partial charge on any atom is 0.182 e. The van der Waals surface area contributed by atoms with Gasteiger partial charge in [-0.3, -0.25) is 0 Å². The van der Waals surface area contributed by atoms with Crippen molar-refractivity contribution in [1.82, 2.24) is 20.2 Å². The number of aromatic nitrogens is 4. The molecule has 6 nitrogen and oxygen atoms in total. The molecule has 6 heteroatoms. The van der Waals surface area contributed by atoms with E-state index in [2.05, 4.69) is 29.4 Å². The summed E-state index contributed by atoms with van der Waals surface area (Å²) in [5.74, 6) is 1.98. The van der Waals surface area contributed by atoms with Crippen LogP contribution < -0.4 is 10.5 Å². The number of hydrogen-bond acceptors (Lipinski definition) is 5. The third-order valence-corrected chi connectivity index (χ3v) is 2.94. The van der Waals surface area contributed by atoms with Crippen molar-refractivity contribution in [3.63, 3.8) is 0 Å². The van der Waals surface area contributed by atoms with Gasteiger partial charge in [-0.2, -0.15) is 0 Å². The lowest BCUT2D eigenvalue weighted by atomic mass is 10.1. The number of aryl methyl sites for hydroxylation is 1. The van der Waals surface area contributed by atoms with Crippen LogP contribution in [0.5, 0.6) is 5.75 Å². The maximum absolute atomic E-state index is 5.81. The molecule has 0 aliphatic rings. The smallest absolute Gasteiger partial charge is 0.182 e. The minimum absolute atomic E-state index is 0.604. The van der Waals surface area contributed by atoms with Gasteiger partial charge in [0.2, 0.25) is 0 Å². The SMILES string of the molecule is COc1cc(-c2nnnn2CCC(C)C)ccc1N. The summed E-state index contributed by atoms with van der Waals surface area (Å²) in [6.07, 6.45) is 1.03. The van der Waals surface area contributed by atoms with Crippen molar-refractivity contribution in [2.75, 3.05) is 12.8 Å². The molecule has 2 rings (SSSR count). The monoisotopic (exact) mass is 261 g/mol. The van der Waals surface area contributed by atoms with E-state index < -0.39 is 0 Å². The topological polar surface area (TPSA) is 78.9 Å². The van der Waals surface area contributed by atoms with Crippen LogP contribution in [-0.2, 0) is 6.54 Å². The summed E-state index contributed by atoms with van der Waals surface area (Å²) >= 11 is 0. The van der Waals surface area contributed by atoms with Gasteiger partial charge in [-0.15, -0.1) is 5.10 Å². The average Bonchev–Trinajstić information content (AvgIpc) is 2.85. The van der Waals surface area contributed by atoms with E-state index in [1.54, 1.807) is 13.2 Å². The first kappa shape index (κ1) is 13.3. The van der Waals surface area contributed by atoms with E-state index in [1.807, 2.05) is 16.8 Å². The van der Waals surface area contributed by atoms with Gasteiger partial charge in [-0.1, -0.05) is 13.8 Å². The van der Waals surface area contributed by atoms with Gasteiger partial charge >= 0.3 is 0 Å².